The Kier molecular flexibility index (Phi) is 24.5. The number of carbonyl (C=O) groups excluding carboxylic acids is 8. The SMILES string of the molecule is CN[C@@H](C)C(=O)N[C@H](C(=O)N[C@@H](CCCC(=O)c1cccc(C(=O)C[C@H]2C[C@@H](C(=O)N[C@@H]3CCCc4ccccc43)N(C(=O)[C@@H](NC(=O)[C@H](C)NC)C(C)(C)C)C2)c1)C(=O)N[C@H](C)C(C)C)C(C)(C)C.Cl.Cl. The van der Waals surface area contributed by atoms with Gasteiger partial charge in [-0.2, -0.15) is 0 Å². The topological polar surface area (TPSA) is 224 Å². The number of nitrogens with zero attached hydrogens (tertiary/aromatic N) is 1. The van der Waals surface area contributed by atoms with Crippen LogP contribution in [0.5, 0.6) is 0 Å². The lowest BCUT2D eigenvalue weighted by Crippen LogP contribution is -2.60. The van der Waals surface area contributed by atoms with Gasteiger partial charge in [0.2, 0.25) is 35.4 Å². The van der Waals surface area contributed by atoms with Crippen LogP contribution in [-0.4, -0.2) is 115 Å². The summed E-state index contributed by atoms with van der Waals surface area (Å²) in [6.07, 6.45) is 3.21. The number of hydrogen-bond donors (Lipinski definition) is 7. The van der Waals surface area contributed by atoms with Gasteiger partial charge in [0, 0.05) is 36.6 Å². The van der Waals surface area contributed by atoms with E-state index in [9.17, 15) is 38.4 Å². The van der Waals surface area contributed by atoms with Crippen molar-refractivity contribution in [2.75, 3.05) is 20.6 Å². The number of nitrogens with one attached hydrogen (secondary N) is 7. The van der Waals surface area contributed by atoms with Crippen molar-refractivity contribution in [2.45, 2.75) is 176 Å². The maximum absolute atomic E-state index is 14.6. The highest BCUT2D eigenvalue weighted by Crippen LogP contribution is 2.34. The maximum Gasteiger partial charge on any atom is 0.246 e. The number of ketones is 2. The molecule has 9 atom stereocenters. The highest BCUT2D eigenvalue weighted by Gasteiger charge is 2.46. The molecule has 402 valence electrons. The molecule has 0 spiro atoms. The van der Waals surface area contributed by atoms with Crippen LogP contribution in [0.4, 0.5) is 0 Å². The van der Waals surface area contributed by atoms with E-state index < -0.39 is 70.7 Å². The molecular weight excluding hydrogens is 960 g/mol. The molecule has 2 aromatic rings. The van der Waals surface area contributed by atoms with Gasteiger partial charge >= 0.3 is 0 Å². The monoisotopic (exact) mass is 1040 g/mol. The second-order valence-electron chi connectivity index (χ2n) is 22.0. The molecule has 72 heavy (non-hydrogen) atoms. The third kappa shape index (κ3) is 17.4. The first kappa shape index (κ1) is 63.2. The van der Waals surface area contributed by atoms with Crippen LogP contribution in [-0.2, 0) is 35.2 Å². The highest BCUT2D eigenvalue weighted by atomic mass is 35.5. The summed E-state index contributed by atoms with van der Waals surface area (Å²) in [6, 6.07) is 9.18. The molecule has 0 unspecified atom stereocenters. The van der Waals surface area contributed by atoms with Crippen molar-refractivity contribution in [3.05, 3.63) is 70.8 Å². The van der Waals surface area contributed by atoms with Gasteiger partial charge in [0.15, 0.2) is 11.6 Å². The number of aryl methyl sites for hydroxylation is 1. The van der Waals surface area contributed by atoms with Crippen molar-refractivity contribution in [1.82, 2.24) is 42.1 Å². The van der Waals surface area contributed by atoms with Gasteiger partial charge in [-0.15, -0.1) is 24.8 Å². The normalized spacial score (nSPS) is 19.1. The molecule has 1 heterocycles. The average molecular weight is 1040 g/mol. The number of halogens is 2. The summed E-state index contributed by atoms with van der Waals surface area (Å²) in [5.74, 6) is -3.12. The lowest BCUT2D eigenvalue weighted by Gasteiger charge is -2.36. The van der Waals surface area contributed by atoms with E-state index in [1.807, 2.05) is 80.5 Å². The number of likely N-dealkylation sites (tertiary alicyclic amines) is 1. The molecule has 0 bridgehead atoms. The molecule has 1 aliphatic carbocycles. The van der Waals surface area contributed by atoms with Gasteiger partial charge in [-0.05, 0) is 113 Å². The predicted octanol–water partition coefficient (Wildman–Crippen LogP) is 5.79. The fourth-order valence-corrected chi connectivity index (χ4v) is 8.89. The Morgan fingerprint density at radius 3 is 1.82 bits per heavy atom. The van der Waals surface area contributed by atoms with Crippen LogP contribution in [0.1, 0.15) is 159 Å². The Balaban J connectivity index is 0.00000888. The molecule has 2 aliphatic rings. The van der Waals surface area contributed by atoms with Crippen molar-refractivity contribution in [2.24, 2.45) is 22.7 Å². The standard InChI is InChI=1S/C54H82N8O8.2ClH/c1-31(2)32(3)57-49(67)41(59-51(69)45(53(6,7)8)60-47(65)33(4)55-12)25-18-26-43(63)37-21-16-22-38(29-37)44(64)28-35-27-42(50(68)58-40-24-17-20-36-19-14-15-23-39(36)40)62(30-35)52(70)46(54(9,10)11)61-48(66)34(5)56-13;;/h14-16,19,21-23,29,31-35,40-42,45-46,55-56H,17-18,20,24-28,30H2,1-13H3,(H,57,67)(H,58,68)(H,59,69)(H,60,65)(H,61,66);2*1H/t32-,33+,34+,35-,40-,41+,42+,45-,46-;;/m1../s1. The number of benzene rings is 2. The first-order valence-electron chi connectivity index (χ1n) is 25.2. The summed E-state index contributed by atoms with van der Waals surface area (Å²) in [5.41, 5.74) is 1.45. The molecule has 18 heteroatoms. The smallest absolute Gasteiger partial charge is 0.246 e. The van der Waals surface area contributed by atoms with Crippen LogP contribution in [0.3, 0.4) is 0 Å². The molecular formula is C54H84Cl2N8O8. The number of hydrogen-bond acceptors (Lipinski definition) is 10. The Morgan fingerprint density at radius 1 is 0.681 bits per heavy atom. The minimum Gasteiger partial charge on any atom is -0.352 e. The summed E-state index contributed by atoms with van der Waals surface area (Å²) in [7, 11) is 3.31. The zero-order chi connectivity index (χ0) is 52.2. The molecule has 0 saturated carbocycles. The van der Waals surface area contributed by atoms with Gasteiger partial charge in [0.1, 0.15) is 24.2 Å². The van der Waals surface area contributed by atoms with Gasteiger partial charge in [0.25, 0.3) is 0 Å². The second-order valence-corrected chi connectivity index (χ2v) is 22.0. The van der Waals surface area contributed by atoms with E-state index in [-0.39, 0.29) is 111 Å². The Bertz CT molecular complexity index is 2210. The summed E-state index contributed by atoms with van der Waals surface area (Å²) >= 11 is 0. The van der Waals surface area contributed by atoms with E-state index in [4.69, 9.17) is 0 Å². The number of likely N-dealkylation sites (N-methyl/N-ethyl adjacent to an activating group) is 2. The number of amides is 6. The molecule has 2 aromatic carbocycles. The first-order valence-corrected chi connectivity index (χ1v) is 25.2. The van der Waals surface area contributed by atoms with Crippen molar-refractivity contribution in [3.8, 4) is 0 Å². The largest absolute Gasteiger partial charge is 0.352 e. The van der Waals surface area contributed by atoms with Crippen LogP contribution in [0.25, 0.3) is 0 Å². The Labute approximate surface area is 440 Å². The number of fused-ring (bicyclic) bond motifs is 1. The third-order valence-corrected chi connectivity index (χ3v) is 14.0. The van der Waals surface area contributed by atoms with Gasteiger partial charge < -0.3 is 42.1 Å². The summed E-state index contributed by atoms with van der Waals surface area (Å²) < 4.78 is 0. The zero-order valence-corrected chi connectivity index (χ0v) is 46.4. The molecule has 0 radical (unpaired) electrons. The third-order valence-electron chi connectivity index (χ3n) is 14.0. The van der Waals surface area contributed by atoms with Gasteiger partial charge in [0.05, 0.1) is 18.1 Å². The molecule has 7 N–H and O–H groups in total. The first-order chi connectivity index (χ1) is 32.8. The van der Waals surface area contributed by atoms with Crippen molar-refractivity contribution < 1.29 is 38.4 Å². The lowest BCUT2D eigenvalue weighted by atomic mass is 9.85. The minimum absolute atomic E-state index is 0. The average Bonchev–Trinajstić information content (AvgIpc) is 3.74. The highest BCUT2D eigenvalue weighted by molar-refractivity contribution is 6.02. The molecule has 6 amide bonds. The number of Topliss-reactive ketones (excluding diaryl/α,β-unsaturated/α-hetero) is 2. The minimum atomic E-state index is -0.994. The van der Waals surface area contributed by atoms with Crippen LogP contribution >= 0.6 is 24.8 Å². The molecule has 0 aromatic heterocycles. The summed E-state index contributed by atoms with van der Waals surface area (Å²) in [4.78, 5) is 112. The van der Waals surface area contributed by atoms with E-state index in [0.29, 0.717) is 11.1 Å². The molecule has 1 saturated heterocycles. The van der Waals surface area contributed by atoms with E-state index in [2.05, 4.69) is 43.3 Å². The van der Waals surface area contributed by atoms with Gasteiger partial charge in [-0.3, -0.25) is 38.4 Å². The molecule has 1 aliphatic heterocycles. The molecule has 4 rings (SSSR count). The summed E-state index contributed by atoms with van der Waals surface area (Å²) in [5, 5.41) is 20.6. The van der Waals surface area contributed by atoms with E-state index in [1.165, 1.54) is 10.5 Å². The van der Waals surface area contributed by atoms with Crippen molar-refractivity contribution >= 4 is 71.8 Å². The van der Waals surface area contributed by atoms with E-state index in [1.54, 1.807) is 52.2 Å². The second kappa shape index (κ2) is 28.0. The quantitative estimate of drug-likeness (QED) is 0.0704. The van der Waals surface area contributed by atoms with Gasteiger partial charge in [-0.25, -0.2) is 0 Å². The maximum atomic E-state index is 14.6. The van der Waals surface area contributed by atoms with E-state index >= 15 is 0 Å². The number of rotatable bonds is 22. The molecule has 1 fully saturated rings. The van der Waals surface area contributed by atoms with Crippen LogP contribution in [0, 0.1) is 22.7 Å². The van der Waals surface area contributed by atoms with E-state index in [0.717, 1.165) is 24.8 Å². The predicted molar refractivity (Wildman–Crippen MR) is 286 cm³/mol. The van der Waals surface area contributed by atoms with Crippen LogP contribution < -0.4 is 37.2 Å². The van der Waals surface area contributed by atoms with Crippen molar-refractivity contribution in [1.29, 1.82) is 0 Å². The fourth-order valence-electron chi connectivity index (χ4n) is 8.89. The fraction of sp³-hybridized carbons (Fsp3) is 0.630. The summed E-state index contributed by atoms with van der Waals surface area (Å²) in [6.45, 7) is 20.4. The van der Waals surface area contributed by atoms with Gasteiger partial charge in [-0.1, -0.05) is 97.9 Å². The van der Waals surface area contributed by atoms with Crippen molar-refractivity contribution in [3.63, 3.8) is 0 Å². The lowest BCUT2D eigenvalue weighted by molar-refractivity contribution is -0.144. The Morgan fingerprint density at radius 2 is 1.25 bits per heavy atom. The Hall–Kier alpha value is -4.90. The van der Waals surface area contributed by atoms with Crippen LogP contribution in [0.15, 0.2) is 48.5 Å². The van der Waals surface area contributed by atoms with Crippen LogP contribution in [0.2, 0.25) is 0 Å². The molecule has 16 nitrogen and oxygen atoms in total. The number of carbonyl (C=O) groups is 8. The zero-order valence-electron chi connectivity index (χ0n) is 44.8.